The van der Waals surface area contributed by atoms with E-state index in [0.717, 1.165) is 12.6 Å². The fraction of sp³-hybridized carbons (Fsp3) is 0.647. The lowest BCUT2D eigenvalue weighted by atomic mass is 10.00. The largest absolute Gasteiger partial charge is 0.298 e. The summed E-state index contributed by atoms with van der Waals surface area (Å²) in [5, 5.41) is 0. The van der Waals surface area contributed by atoms with Crippen LogP contribution in [0.1, 0.15) is 36.5 Å². The molecule has 0 amide bonds. The zero-order valence-electron chi connectivity index (χ0n) is 12.5. The molecule has 2 heteroatoms. The number of piperazine rings is 1. The van der Waals surface area contributed by atoms with Crippen LogP contribution in [0, 0.1) is 13.8 Å². The summed E-state index contributed by atoms with van der Waals surface area (Å²) in [6.07, 6.45) is 2.79. The molecule has 2 aliphatic rings. The number of nitrogens with zero attached hydrogens (tertiary/aromatic N) is 2. The molecule has 1 aromatic rings. The van der Waals surface area contributed by atoms with E-state index in [1.807, 2.05) is 0 Å². The van der Waals surface area contributed by atoms with Gasteiger partial charge in [0.2, 0.25) is 0 Å². The average molecular weight is 258 g/mol. The Morgan fingerprint density at radius 2 is 2.00 bits per heavy atom. The zero-order chi connectivity index (χ0) is 13.4. The number of hydrogen-bond acceptors (Lipinski definition) is 2. The van der Waals surface area contributed by atoms with Crippen LogP contribution in [0.2, 0.25) is 0 Å². The Morgan fingerprint density at radius 3 is 2.79 bits per heavy atom. The van der Waals surface area contributed by atoms with Crippen molar-refractivity contribution in [2.75, 3.05) is 19.6 Å². The summed E-state index contributed by atoms with van der Waals surface area (Å²) in [6, 6.07) is 8.39. The number of rotatable bonds is 2. The molecule has 2 fully saturated rings. The van der Waals surface area contributed by atoms with Gasteiger partial charge in [-0.2, -0.15) is 0 Å². The highest BCUT2D eigenvalue weighted by molar-refractivity contribution is 5.30. The number of aryl methyl sites for hydroxylation is 2. The van der Waals surface area contributed by atoms with E-state index in [-0.39, 0.29) is 0 Å². The molecule has 3 rings (SSSR count). The Labute approximate surface area is 117 Å². The molecule has 0 saturated carbocycles. The van der Waals surface area contributed by atoms with Crippen molar-refractivity contribution in [3.8, 4) is 0 Å². The first-order chi connectivity index (χ1) is 9.15. The molecule has 104 valence electrons. The fourth-order valence-electron chi connectivity index (χ4n) is 3.84. The van der Waals surface area contributed by atoms with E-state index in [0.29, 0.717) is 6.04 Å². The zero-order valence-corrected chi connectivity index (χ0v) is 12.5. The van der Waals surface area contributed by atoms with Crippen molar-refractivity contribution in [3.05, 3.63) is 34.9 Å². The first-order valence-electron chi connectivity index (χ1n) is 7.69. The second-order valence-electron chi connectivity index (χ2n) is 6.39. The first-order valence-corrected chi connectivity index (χ1v) is 7.69. The molecule has 1 aromatic carbocycles. The van der Waals surface area contributed by atoms with E-state index >= 15 is 0 Å². The van der Waals surface area contributed by atoms with Gasteiger partial charge in [0, 0.05) is 31.7 Å². The smallest absolute Gasteiger partial charge is 0.0250 e. The lowest BCUT2D eigenvalue weighted by Crippen LogP contribution is -2.55. The maximum atomic E-state index is 2.70. The summed E-state index contributed by atoms with van der Waals surface area (Å²) < 4.78 is 0. The van der Waals surface area contributed by atoms with Gasteiger partial charge in [0.25, 0.3) is 0 Å². The van der Waals surface area contributed by atoms with Gasteiger partial charge in [-0.1, -0.05) is 23.8 Å². The van der Waals surface area contributed by atoms with Gasteiger partial charge in [-0.25, -0.2) is 0 Å². The second-order valence-corrected chi connectivity index (χ2v) is 6.39. The van der Waals surface area contributed by atoms with Crippen molar-refractivity contribution < 1.29 is 0 Å². The van der Waals surface area contributed by atoms with Crippen LogP contribution in [-0.2, 0) is 6.54 Å². The van der Waals surface area contributed by atoms with Crippen molar-refractivity contribution in [2.24, 2.45) is 0 Å². The Kier molecular flexibility index (Phi) is 3.64. The predicted octanol–water partition coefficient (Wildman–Crippen LogP) is 2.97. The summed E-state index contributed by atoms with van der Waals surface area (Å²) in [5.41, 5.74) is 4.32. The monoisotopic (exact) mass is 258 g/mol. The van der Waals surface area contributed by atoms with Gasteiger partial charge in [-0.3, -0.25) is 9.80 Å². The molecule has 0 radical (unpaired) electrons. The molecule has 0 spiro atoms. The minimum atomic E-state index is 0.706. The first kappa shape index (κ1) is 13.1. The van der Waals surface area contributed by atoms with Crippen molar-refractivity contribution in [2.45, 2.75) is 52.2 Å². The molecule has 0 unspecified atom stereocenters. The van der Waals surface area contributed by atoms with Gasteiger partial charge in [0.15, 0.2) is 0 Å². The molecule has 2 atom stereocenters. The Bertz CT molecular complexity index is 455. The van der Waals surface area contributed by atoms with E-state index in [9.17, 15) is 0 Å². The Balaban J connectivity index is 1.72. The third-order valence-electron chi connectivity index (χ3n) is 5.09. The minimum Gasteiger partial charge on any atom is -0.298 e. The normalized spacial score (nSPS) is 28.6. The molecule has 2 heterocycles. The standard InChI is InChI=1S/C17H26N2/c1-13-6-7-16(14(2)11-13)12-19-10-9-18-8-4-5-17(18)15(19)3/h6-7,11,15,17H,4-5,8-10,12H2,1-3H3/t15-,17-/m1/s1. The van der Waals surface area contributed by atoms with Crippen LogP contribution in [-0.4, -0.2) is 41.5 Å². The van der Waals surface area contributed by atoms with E-state index in [2.05, 4.69) is 48.8 Å². The van der Waals surface area contributed by atoms with E-state index in [1.165, 1.54) is 49.2 Å². The van der Waals surface area contributed by atoms with Gasteiger partial charge in [-0.15, -0.1) is 0 Å². The summed E-state index contributed by atoms with van der Waals surface area (Å²) in [5.74, 6) is 0. The molecular formula is C17H26N2. The number of benzene rings is 1. The summed E-state index contributed by atoms with van der Waals surface area (Å²) >= 11 is 0. The molecule has 2 aliphatic heterocycles. The van der Waals surface area contributed by atoms with Crippen LogP contribution in [0.4, 0.5) is 0 Å². The summed E-state index contributed by atoms with van der Waals surface area (Å²) in [7, 11) is 0. The Morgan fingerprint density at radius 1 is 1.16 bits per heavy atom. The highest BCUT2D eigenvalue weighted by Crippen LogP contribution is 2.28. The second kappa shape index (κ2) is 5.26. The highest BCUT2D eigenvalue weighted by atomic mass is 15.3. The molecule has 2 nitrogen and oxygen atoms in total. The van der Waals surface area contributed by atoms with Gasteiger partial charge in [0.05, 0.1) is 0 Å². The van der Waals surface area contributed by atoms with E-state index in [4.69, 9.17) is 0 Å². The van der Waals surface area contributed by atoms with Crippen LogP contribution in [0.15, 0.2) is 18.2 Å². The van der Waals surface area contributed by atoms with Crippen molar-refractivity contribution in [1.82, 2.24) is 9.80 Å². The van der Waals surface area contributed by atoms with Crippen LogP contribution >= 0.6 is 0 Å². The lowest BCUT2D eigenvalue weighted by Gasteiger charge is -2.43. The molecular weight excluding hydrogens is 232 g/mol. The average Bonchev–Trinajstić information content (AvgIpc) is 2.85. The predicted molar refractivity (Wildman–Crippen MR) is 80.4 cm³/mol. The van der Waals surface area contributed by atoms with E-state index < -0.39 is 0 Å². The van der Waals surface area contributed by atoms with Crippen LogP contribution in [0.3, 0.4) is 0 Å². The highest BCUT2D eigenvalue weighted by Gasteiger charge is 2.36. The fourth-order valence-corrected chi connectivity index (χ4v) is 3.84. The molecule has 2 saturated heterocycles. The molecule has 0 bridgehead atoms. The van der Waals surface area contributed by atoms with Gasteiger partial charge < -0.3 is 0 Å². The van der Waals surface area contributed by atoms with Crippen molar-refractivity contribution >= 4 is 0 Å². The number of fused-ring (bicyclic) bond motifs is 1. The van der Waals surface area contributed by atoms with Gasteiger partial charge >= 0.3 is 0 Å². The molecule has 0 N–H and O–H groups in total. The SMILES string of the molecule is Cc1ccc(CN2CCN3CCC[C@@H]3[C@H]2C)c(C)c1. The summed E-state index contributed by atoms with van der Waals surface area (Å²) in [6.45, 7) is 11.8. The van der Waals surface area contributed by atoms with Crippen LogP contribution in [0.5, 0.6) is 0 Å². The minimum absolute atomic E-state index is 0.706. The number of hydrogen-bond donors (Lipinski definition) is 0. The maximum Gasteiger partial charge on any atom is 0.0250 e. The van der Waals surface area contributed by atoms with Crippen LogP contribution < -0.4 is 0 Å². The topological polar surface area (TPSA) is 6.48 Å². The maximum absolute atomic E-state index is 2.70. The van der Waals surface area contributed by atoms with Crippen molar-refractivity contribution in [3.63, 3.8) is 0 Å². The van der Waals surface area contributed by atoms with Gasteiger partial charge in [0.1, 0.15) is 0 Å². The van der Waals surface area contributed by atoms with E-state index in [1.54, 1.807) is 0 Å². The lowest BCUT2D eigenvalue weighted by molar-refractivity contribution is 0.0469. The van der Waals surface area contributed by atoms with Crippen LogP contribution in [0.25, 0.3) is 0 Å². The van der Waals surface area contributed by atoms with Crippen molar-refractivity contribution in [1.29, 1.82) is 0 Å². The third-order valence-corrected chi connectivity index (χ3v) is 5.09. The molecule has 0 aliphatic carbocycles. The Hall–Kier alpha value is -0.860. The van der Waals surface area contributed by atoms with Gasteiger partial charge in [-0.05, 0) is 51.3 Å². The third kappa shape index (κ3) is 2.56. The molecule has 0 aromatic heterocycles. The molecule has 19 heavy (non-hydrogen) atoms. The summed E-state index contributed by atoms with van der Waals surface area (Å²) in [4.78, 5) is 5.38. The quantitative estimate of drug-likeness (QED) is 0.804.